The van der Waals surface area contributed by atoms with Crippen LogP contribution in [-0.2, 0) is 14.3 Å². The molecule has 7 nitrogen and oxygen atoms in total. The molecule has 2 aromatic carbocycles. The Kier molecular flexibility index (Phi) is 6.85. The SMILES string of the molecule is O=C(COC(=O)CCC(=O)c1ccc2c(c1)OCCO2)Nc1cccc(I)c1. The molecule has 0 spiro atoms. The van der Waals surface area contributed by atoms with Gasteiger partial charge in [-0.05, 0) is 59.0 Å². The van der Waals surface area contributed by atoms with Crippen molar-refractivity contribution in [3.8, 4) is 11.5 Å². The zero-order valence-corrected chi connectivity index (χ0v) is 17.1. The standard InChI is InChI=1S/C20H18INO6/c21-14-2-1-3-15(11-14)22-19(24)12-28-20(25)7-5-16(23)13-4-6-17-18(10-13)27-9-8-26-17/h1-4,6,10-11H,5,7-9,12H2,(H,22,24). The Morgan fingerprint density at radius 1 is 1.00 bits per heavy atom. The molecule has 3 rings (SSSR count). The van der Waals surface area contributed by atoms with E-state index in [9.17, 15) is 14.4 Å². The van der Waals surface area contributed by atoms with Crippen LogP contribution in [0.5, 0.6) is 11.5 Å². The third-order valence-corrected chi connectivity index (χ3v) is 4.56. The van der Waals surface area contributed by atoms with Gasteiger partial charge in [0.1, 0.15) is 13.2 Å². The first kappa shape index (κ1) is 20.1. The summed E-state index contributed by atoms with van der Waals surface area (Å²) in [5, 5.41) is 2.64. The maximum atomic E-state index is 12.3. The predicted octanol–water partition coefficient (Wildman–Crippen LogP) is 3.21. The van der Waals surface area contributed by atoms with Crippen LogP contribution < -0.4 is 14.8 Å². The lowest BCUT2D eigenvalue weighted by atomic mass is 10.1. The van der Waals surface area contributed by atoms with Crippen molar-refractivity contribution in [2.24, 2.45) is 0 Å². The van der Waals surface area contributed by atoms with Gasteiger partial charge in [-0.15, -0.1) is 0 Å². The van der Waals surface area contributed by atoms with E-state index in [4.69, 9.17) is 14.2 Å². The molecule has 1 amide bonds. The van der Waals surface area contributed by atoms with Gasteiger partial charge >= 0.3 is 5.97 Å². The van der Waals surface area contributed by atoms with Crippen molar-refractivity contribution in [3.05, 3.63) is 51.6 Å². The van der Waals surface area contributed by atoms with Gasteiger partial charge in [0.15, 0.2) is 23.9 Å². The fourth-order valence-electron chi connectivity index (χ4n) is 2.56. The average molecular weight is 495 g/mol. The average Bonchev–Trinajstić information content (AvgIpc) is 2.70. The van der Waals surface area contributed by atoms with Gasteiger partial charge in [0.25, 0.3) is 5.91 Å². The van der Waals surface area contributed by atoms with Gasteiger partial charge in [-0.1, -0.05) is 6.07 Å². The van der Waals surface area contributed by atoms with E-state index in [0.29, 0.717) is 36.0 Å². The molecular weight excluding hydrogens is 477 g/mol. The zero-order chi connectivity index (χ0) is 19.9. The van der Waals surface area contributed by atoms with Crippen LogP contribution in [-0.4, -0.2) is 37.5 Å². The second-order valence-corrected chi connectivity index (χ2v) is 7.25. The molecule has 0 atom stereocenters. The number of carbonyl (C=O) groups is 3. The van der Waals surface area contributed by atoms with Gasteiger partial charge < -0.3 is 19.5 Å². The number of benzene rings is 2. The first-order valence-corrected chi connectivity index (χ1v) is 9.73. The molecule has 0 saturated carbocycles. The van der Waals surface area contributed by atoms with E-state index in [2.05, 4.69) is 27.9 Å². The van der Waals surface area contributed by atoms with Gasteiger partial charge in [0.2, 0.25) is 0 Å². The molecule has 146 valence electrons. The number of esters is 1. The van der Waals surface area contributed by atoms with Crippen LogP contribution in [0, 0.1) is 3.57 Å². The third-order valence-electron chi connectivity index (χ3n) is 3.89. The van der Waals surface area contributed by atoms with Crippen LogP contribution in [0.25, 0.3) is 0 Å². The van der Waals surface area contributed by atoms with E-state index < -0.39 is 18.5 Å². The number of ketones is 1. The number of fused-ring (bicyclic) bond motifs is 1. The monoisotopic (exact) mass is 495 g/mol. The van der Waals surface area contributed by atoms with E-state index in [0.717, 1.165) is 3.57 Å². The summed E-state index contributed by atoms with van der Waals surface area (Å²) in [5.74, 6) is -0.136. The molecular formula is C20H18INO6. The summed E-state index contributed by atoms with van der Waals surface area (Å²) in [5.41, 5.74) is 1.07. The first-order chi connectivity index (χ1) is 13.5. The number of anilines is 1. The molecule has 28 heavy (non-hydrogen) atoms. The molecule has 0 unspecified atom stereocenters. The molecule has 0 aliphatic carbocycles. The van der Waals surface area contributed by atoms with Crippen LogP contribution >= 0.6 is 22.6 Å². The molecule has 0 bridgehead atoms. The lowest BCUT2D eigenvalue weighted by molar-refractivity contribution is -0.147. The number of nitrogens with one attached hydrogen (secondary N) is 1. The van der Waals surface area contributed by atoms with Gasteiger partial charge in [0.05, 0.1) is 6.42 Å². The Balaban J connectivity index is 1.42. The molecule has 0 fully saturated rings. The van der Waals surface area contributed by atoms with Crippen LogP contribution in [0.15, 0.2) is 42.5 Å². The third kappa shape index (κ3) is 5.69. The summed E-state index contributed by atoms with van der Waals surface area (Å²) < 4.78 is 16.8. The van der Waals surface area contributed by atoms with Crippen molar-refractivity contribution in [2.45, 2.75) is 12.8 Å². The van der Waals surface area contributed by atoms with Gasteiger partial charge in [0, 0.05) is 21.2 Å². The number of amides is 1. The first-order valence-electron chi connectivity index (χ1n) is 8.65. The van der Waals surface area contributed by atoms with Gasteiger partial charge in [-0.25, -0.2) is 0 Å². The van der Waals surface area contributed by atoms with Crippen molar-refractivity contribution in [2.75, 3.05) is 25.1 Å². The smallest absolute Gasteiger partial charge is 0.306 e. The van der Waals surface area contributed by atoms with Crippen molar-refractivity contribution >= 4 is 45.9 Å². The Bertz CT molecular complexity index is 898. The summed E-state index contributed by atoms with van der Waals surface area (Å²) in [6.45, 7) is 0.507. The van der Waals surface area contributed by atoms with Gasteiger partial charge in [-0.3, -0.25) is 14.4 Å². The molecule has 0 radical (unpaired) electrons. The Labute approximate surface area is 175 Å². The number of rotatable bonds is 7. The van der Waals surface area contributed by atoms with Crippen molar-refractivity contribution in [1.29, 1.82) is 0 Å². The number of halogens is 1. The van der Waals surface area contributed by atoms with Crippen LogP contribution in [0.4, 0.5) is 5.69 Å². The lowest BCUT2D eigenvalue weighted by Gasteiger charge is -2.18. The number of carbonyl (C=O) groups excluding carboxylic acids is 3. The second-order valence-electron chi connectivity index (χ2n) is 6.00. The van der Waals surface area contributed by atoms with Crippen LogP contribution in [0.2, 0.25) is 0 Å². The van der Waals surface area contributed by atoms with Crippen molar-refractivity contribution in [1.82, 2.24) is 0 Å². The van der Waals surface area contributed by atoms with E-state index >= 15 is 0 Å². The highest BCUT2D eigenvalue weighted by atomic mass is 127. The molecule has 2 aromatic rings. The number of hydrogen-bond acceptors (Lipinski definition) is 6. The zero-order valence-electron chi connectivity index (χ0n) is 14.9. The normalized spacial score (nSPS) is 12.2. The largest absolute Gasteiger partial charge is 0.486 e. The Hall–Kier alpha value is -2.62. The van der Waals surface area contributed by atoms with Crippen molar-refractivity contribution in [3.63, 3.8) is 0 Å². The Morgan fingerprint density at radius 2 is 1.79 bits per heavy atom. The predicted molar refractivity (Wildman–Crippen MR) is 110 cm³/mol. The quantitative estimate of drug-likeness (QED) is 0.361. The van der Waals surface area contributed by atoms with E-state index in [1.165, 1.54) is 0 Å². The van der Waals surface area contributed by atoms with E-state index in [-0.39, 0.29) is 18.6 Å². The number of ether oxygens (including phenoxy) is 3. The maximum Gasteiger partial charge on any atom is 0.306 e. The number of Topliss-reactive ketones (excluding diaryl/α,β-unsaturated/α-hetero) is 1. The van der Waals surface area contributed by atoms with Crippen LogP contribution in [0.1, 0.15) is 23.2 Å². The minimum Gasteiger partial charge on any atom is -0.486 e. The minimum absolute atomic E-state index is 0.0169. The van der Waals surface area contributed by atoms with Gasteiger partial charge in [-0.2, -0.15) is 0 Å². The second kappa shape index (κ2) is 9.54. The van der Waals surface area contributed by atoms with E-state index in [1.807, 2.05) is 12.1 Å². The topological polar surface area (TPSA) is 90.9 Å². The molecule has 1 N–H and O–H groups in total. The molecule has 1 aliphatic rings. The Morgan fingerprint density at radius 3 is 2.57 bits per heavy atom. The summed E-state index contributed by atoms with van der Waals surface area (Å²) in [6, 6.07) is 12.2. The molecule has 0 saturated heterocycles. The summed E-state index contributed by atoms with van der Waals surface area (Å²) in [4.78, 5) is 35.9. The lowest BCUT2D eigenvalue weighted by Crippen LogP contribution is -2.21. The summed E-state index contributed by atoms with van der Waals surface area (Å²) >= 11 is 2.13. The fraction of sp³-hybridized carbons (Fsp3) is 0.250. The van der Waals surface area contributed by atoms with Crippen LogP contribution in [0.3, 0.4) is 0 Å². The highest BCUT2D eigenvalue weighted by Crippen LogP contribution is 2.31. The molecule has 1 aliphatic heterocycles. The fourth-order valence-corrected chi connectivity index (χ4v) is 3.10. The van der Waals surface area contributed by atoms with Crippen molar-refractivity contribution < 1.29 is 28.6 Å². The summed E-state index contributed by atoms with van der Waals surface area (Å²) in [6.07, 6.45) is -0.124. The maximum absolute atomic E-state index is 12.3. The highest BCUT2D eigenvalue weighted by molar-refractivity contribution is 14.1. The van der Waals surface area contributed by atoms with E-state index in [1.54, 1.807) is 30.3 Å². The number of hydrogen-bond donors (Lipinski definition) is 1. The molecule has 1 heterocycles. The molecule has 0 aromatic heterocycles. The molecule has 8 heteroatoms. The summed E-state index contributed by atoms with van der Waals surface area (Å²) in [7, 11) is 0. The minimum atomic E-state index is -0.608. The highest BCUT2D eigenvalue weighted by Gasteiger charge is 2.16.